The summed E-state index contributed by atoms with van der Waals surface area (Å²) < 4.78 is 5.59. The fraction of sp³-hybridized carbons (Fsp3) is 0.857. The van der Waals surface area contributed by atoms with Gasteiger partial charge in [-0.1, -0.05) is 0 Å². The molecular weight excluding hydrogens is 210 g/mol. The van der Waals surface area contributed by atoms with E-state index in [9.17, 15) is 4.79 Å². The first-order valence-corrected chi connectivity index (χ1v) is 3.35. The van der Waals surface area contributed by atoms with E-state index in [0.717, 1.165) is 11.0 Å². The average Bonchev–Trinajstić information content (AvgIpc) is 1.59. The van der Waals surface area contributed by atoms with E-state index in [4.69, 9.17) is 4.74 Å². The molecule has 0 unspecified atom stereocenters. The van der Waals surface area contributed by atoms with Crippen LogP contribution in [0.15, 0.2) is 0 Å². The molecular formula is C7H16BrNO2. The van der Waals surface area contributed by atoms with Crippen LogP contribution in [0.5, 0.6) is 0 Å². The van der Waals surface area contributed by atoms with Crippen molar-refractivity contribution in [2.75, 3.05) is 34.3 Å². The van der Waals surface area contributed by atoms with Gasteiger partial charge < -0.3 is 26.2 Å². The van der Waals surface area contributed by atoms with Gasteiger partial charge in [0.2, 0.25) is 0 Å². The SMILES string of the molecule is CC(=O)OCC[N+](C)(C)C.[Br-]. The second-order valence-electron chi connectivity index (χ2n) is 3.35. The van der Waals surface area contributed by atoms with Crippen molar-refractivity contribution in [3.8, 4) is 0 Å². The molecule has 0 bridgehead atoms. The Labute approximate surface area is 78.7 Å². The van der Waals surface area contributed by atoms with E-state index in [1.807, 2.05) is 0 Å². The number of quaternary nitrogens is 1. The van der Waals surface area contributed by atoms with E-state index in [-0.39, 0.29) is 23.0 Å². The molecule has 0 aromatic carbocycles. The average molecular weight is 226 g/mol. The van der Waals surface area contributed by atoms with Gasteiger partial charge in [0.1, 0.15) is 13.2 Å². The van der Waals surface area contributed by atoms with Crippen LogP contribution in [-0.4, -0.2) is 44.7 Å². The lowest BCUT2D eigenvalue weighted by Crippen LogP contribution is -3.00. The number of ether oxygens (including phenoxy) is 1. The molecule has 0 aliphatic rings. The molecule has 0 spiro atoms. The Morgan fingerprint density at radius 1 is 1.36 bits per heavy atom. The molecule has 0 aromatic rings. The first-order chi connectivity index (χ1) is 4.42. The fourth-order valence-corrected chi connectivity index (χ4v) is 0.463. The van der Waals surface area contributed by atoms with E-state index < -0.39 is 0 Å². The number of nitrogens with zero attached hydrogens (tertiary/aromatic N) is 1. The third-order valence-electron chi connectivity index (χ3n) is 1.07. The van der Waals surface area contributed by atoms with Gasteiger partial charge in [-0.15, -0.1) is 0 Å². The summed E-state index contributed by atoms with van der Waals surface area (Å²) in [7, 11) is 6.18. The Morgan fingerprint density at radius 2 is 1.82 bits per heavy atom. The van der Waals surface area contributed by atoms with Crippen molar-refractivity contribution in [1.29, 1.82) is 0 Å². The fourth-order valence-electron chi connectivity index (χ4n) is 0.463. The van der Waals surface area contributed by atoms with Crippen molar-refractivity contribution in [3.05, 3.63) is 0 Å². The van der Waals surface area contributed by atoms with Crippen molar-refractivity contribution in [2.45, 2.75) is 6.92 Å². The summed E-state index contributed by atoms with van der Waals surface area (Å²) in [6.45, 7) is 2.80. The van der Waals surface area contributed by atoms with Crippen LogP contribution in [0.4, 0.5) is 0 Å². The predicted molar refractivity (Wildman–Crippen MR) is 39.5 cm³/mol. The summed E-state index contributed by atoms with van der Waals surface area (Å²) >= 11 is 0. The van der Waals surface area contributed by atoms with Crippen molar-refractivity contribution >= 4 is 5.97 Å². The monoisotopic (exact) mass is 225 g/mol. The lowest BCUT2D eigenvalue weighted by Gasteiger charge is -2.23. The molecule has 0 radical (unpaired) electrons. The van der Waals surface area contributed by atoms with E-state index in [1.54, 1.807) is 0 Å². The summed E-state index contributed by atoms with van der Waals surface area (Å²) in [5.74, 6) is -0.201. The summed E-state index contributed by atoms with van der Waals surface area (Å²) in [6, 6.07) is 0. The highest BCUT2D eigenvalue weighted by atomic mass is 79.9. The molecule has 0 fully saturated rings. The number of hydrogen-bond acceptors (Lipinski definition) is 2. The zero-order valence-electron chi connectivity index (χ0n) is 7.56. The number of likely N-dealkylation sites (N-methyl/N-ethyl adjacent to an activating group) is 1. The molecule has 0 aromatic heterocycles. The molecule has 0 aliphatic heterocycles. The number of rotatable bonds is 3. The van der Waals surface area contributed by atoms with E-state index in [2.05, 4.69) is 21.1 Å². The topological polar surface area (TPSA) is 26.3 Å². The number of halogens is 1. The van der Waals surface area contributed by atoms with Crippen molar-refractivity contribution < 1.29 is 31.0 Å². The third-order valence-corrected chi connectivity index (χ3v) is 1.07. The molecule has 4 heteroatoms. The lowest BCUT2D eigenvalue weighted by atomic mass is 10.5. The number of esters is 1. The maximum Gasteiger partial charge on any atom is 0.302 e. The number of carbonyl (C=O) groups is 1. The number of carbonyl (C=O) groups excluding carboxylic acids is 1. The smallest absolute Gasteiger partial charge is 0.302 e. The van der Waals surface area contributed by atoms with Gasteiger partial charge in [-0.05, 0) is 0 Å². The maximum atomic E-state index is 10.3. The molecule has 0 atom stereocenters. The largest absolute Gasteiger partial charge is 1.00 e. The van der Waals surface area contributed by atoms with E-state index >= 15 is 0 Å². The van der Waals surface area contributed by atoms with Crippen LogP contribution in [0.3, 0.4) is 0 Å². The minimum atomic E-state index is -0.201. The Morgan fingerprint density at radius 3 is 2.09 bits per heavy atom. The third kappa shape index (κ3) is 13.0. The molecule has 0 aliphatic carbocycles. The minimum absolute atomic E-state index is 0. The molecule has 11 heavy (non-hydrogen) atoms. The quantitative estimate of drug-likeness (QED) is 0.385. The molecule has 0 saturated carbocycles. The zero-order valence-corrected chi connectivity index (χ0v) is 9.14. The Bertz CT molecular complexity index is 120. The van der Waals surface area contributed by atoms with Gasteiger partial charge >= 0.3 is 5.97 Å². The zero-order chi connectivity index (χ0) is 8.20. The van der Waals surface area contributed by atoms with Gasteiger partial charge in [0.15, 0.2) is 0 Å². The van der Waals surface area contributed by atoms with E-state index in [0.29, 0.717) is 6.61 Å². The highest BCUT2D eigenvalue weighted by Gasteiger charge is 2.06. The van der Waals surface area contributed by atoms with Crippen LogP contribution in [0.25, 0.3) is 0 Å². The number of hydrogen-bond donors (Lipinski definition) is 0. The Balaban J connectivity index is 0. The van der Waals surface area contributed by atoms with Gasteiger partial charge in [-0.25, -0.2) is 0 Å². The normalized spacial score (nSPS) is 10.2. The van der Waals surface area contributed by atoms with Crippen LogP contribution in [0.1, 0.15) is 6.92 Å². The first-order valence-electron chi connectivity index (χ1n) is 3.35. The second-order valence-corrected chi connectivity index (χ2v) is 3.35. The van der Waals surface area contributed by atoms with Crippen molar-refractivity contribution in [3.63, 3.8) is 0 Å². The molecule has 68 valence electrons. The van der Waals surface area contributed by atoms with Crippen molar-refractivity contribution in [2.24, 2.45) is 0 Å². The molecule has 0 amide bonds. The van der Waals surface area contributed by atoms with E-state index in [1.165, 1.54) is 6.92 Å². The van der Waals surface area contributed by atoms with Gasteiger partial charge in [-0.3, -0.25) is 4.79 Å². The summed E-state index contributed by atoms with van der Waals surface area (Å²) in [5.41, 5.74) is 0. The van der Waals surface area contributed by atoms with Gasteiger partial charge in [0, 0.05) is 6.92 Å². The molecule has 0 saturated heterocycles. The second kappa shape index (κ2) is 5.55. The lowest BCUT2D eigenvalue weighted by molar-refractivity contribution is -0.870. The van der Waals surface area contributed by atoms with Crippen LogP contribution < -0.4 is 17.0 Å². The van der Waals surface area contributed by atoms with Gasteiger partial charge in [0.05, 0.1) is 21.1 Å². The highest BCUT2D eigenvalue weighted by Crippen LogP contribution is 1.88. The molecule has 3 nitrogen and oxygen atoms in total. The molecule has 0 rings (SSSR count). The minimum Gasteiger partial charge on any atom is -1.00 e. The van der Waals surface area contributed by atoms with Gasteiger partial charge in [0.25, 0.3) is 0 Å². The molecule has 0 heterocycles. The summed E-state index contributed by atoms with van der Waals surface area (Å²) in [4.78, 5) is 10.3. The van der Waals surface area contributed by atoms with Crippen LogP contribution in [-0.2, 0) is 9.53 Å². The van der Waals surface area contributed by atoms with Crippen LogP contribution in [0, 0.1) is 0 Å². The highest BCUT2D eigenvalue weighted by molar-refractivity contribution is 5.65. The van der Waals surface area contributed by atoms with Crippen molar-refractivity contribution in [1.82, 2.24) is 0 Å². The predicted octanol–water partition coefficient (Wildman–Crippen LogP) is -2.74. The van der Waals surface area contributed by atoms with Gasteiger partial charge in [-0.2, -0.15) is 0 Å². The van der Waals surface area contributed by atoms with Crippen LogP contribution >= 0.6 is 0 Å². The summed E-state index contributed by atoms with van der Waals surface area (Å²) in [5, 5.41) is 0. The summed E-state index contributed by atoms with van der Waals surface area (Å²) in [6.07, 6.45) is 0. The standard InChI is InChI=1S/C7H16NO2.BrH/c1-7(9)10-6-5-8(2,3)4;/h5-6H2,1-4H3;1H/q+1;/p-1. The maximum absolute atomic E-state index is 10.3. The Kier molecular flexibility index (Phi) is 6.81. The first kappa shape index (κ1) is 13.5. The van der Waals surface area contributed by atoms with Crippen LogP contribution in [0.2, 0.25) is 0 Å². The molecule has 0 N–H and O–H groups in total. The Hall–Kier alpha value is -0.0900.